The van der Waals surface area contributed by atoms with Crippen molar-refractivity contribution in [1.82, 2.24) is 14.9 Å². The predicted octanol–water partition coefficient (Wildman–Crippen LogP) is 3.85. The van der Waals surface area contributed by atoms with Gasteiger partial charge in [0.15, 0.2) is 0 Å². The first-order valence-corrected chi connectivity index (χ1v) is 8.09. The topological polar surface area (TPSA) is 53.1 Å². The largest absolute Gasteiger partial charge is 0.370 e. The molecule has 5 nitrogen and oxygen atoms in total. The van der Waals surface area contributed by atoms with Crippen LogP contribution >= 0.6 is 11.6 Å². The van der Waals surface area contributed by atoms with Crippen molar-refractivity contribution >= 4 is 29.1 Å². The molecule has 0 bridgehead atoms. The van der Waals surface area contributed by atoms with Gasteiger partial charge in [-0.25, -0.2) is 4.98 Å². The molecule has 0 aliphatic heterocycles. The number of hydrogen-bond acceptors (Lipinski definition) is 5. The maximum atomic E-state index is 6.06. The molecular formula is C17H24ClN5. The number of aromatic nitrogens is 2. The summed E-state index contributed by atoms with van der Waals surface area (Å²) in [5.74, 6) is 1.41. The van der Waals surface area contributed by atoms with Gasteiger partial charge < -0.3 is 15.5 Å². The smallest absolute Gasteiger partial charge is 0.229 e. The molecule has 0 aliphatic carbocycles. The van der Waals surface area contributed by atoms with Gasteiger partial charge in [-0.3, -0.25) is 0 Å². The molecule has 0 saturated carbocycles. The van der Waals surface area contributed by atoms with E-state index in [1.54, 1.807) is 0 Å². The van der Waals surface area contributed by atoms with Crippen LogP contribution in [0.25, 0.3) is 0 Å². The third-order valence-corrected chi connectivity index (χ3v) is 3.62. The fourth-order valence-electron chi connectivity index (χ4n) is 2.18. The van der Waals surface area contributed by atoms with Crippen LogP contribution < -0.4 is 10.6 Å². The van der Waals surface area contributed by atoms with Gasteiger partial charge in [-0.05, 0) is 58.6 Å². The third-order valence-electron chi connectivity index (χ3n) is 3.39. The Kier molecular flexibility index (Phi) is 6.19. The first-order chi connectivity index (χ1) is 10.9. The Morgan fingerprint density at radius 1 is 1.13 bits per heavy atom. The molecule has 0 saturated heterocycles. The van der Waals surface area contributed by atoms with E-state index in [1.807, 2.05) is 38.1 Å². The molecular weight excluding hydrogens is 310 g/mol. The zero-order valence-electron chi connectivity index (χ0n) is 14.2. The summed E-state index contributed by atoms with van der Waals surface area (Å²) in [4.78, 5) is 11.1. The zero-order valence-corrected chi connectivity index (χ0v) is 14.9. The molecule has 0 fully saturated rings. The molecule has 124 valence electrons. The minimum atomic E-state index is 0.575. The Balaban J connectivity index is 2.06. The number of benzene rings is 1. The summed E-state index contributed by atoms with van der Waals surface area (Å²) in [6, 6.07) is 7.68. The number of nitrogens with zero attached hydrogens (tertiary/aromatic N) is 3. The van der Waals surface area contributed by atoms with Crippen LogP contribution in [0.15, 0.2) is 24.3 Å². The van der Waals surface area contributed by atoms with E-state index in [-0.39, 0.29) is 0 Å². The maximum Gasteiger partial charge on any atom is 0.229 e. The number of rotatable bonds is 7. The Bertz CT molecular complexity index is 657. The van der Waals surface area contributed by atoms with E-state index < -0.39 is 0 Å². The number of aryl methyl sites for hydroxylation is 2. The van der Waals surface area contributed by atoms with Crippen LogP contribution in [-0.2, 0) is 0 Å². The van der Waals surface area contributed by atoms with Crippen molar-refractivity contribution in [2.24, 2.45) is 0 Å². The molecule has 0 spiro atoms. The summed E-state index contributed by atoms with van der Waals surface area (Å²) in [6.07, 6.45) is 1.06. The minimum absolute atomic E-state index is 0.575. The maximum absolute atomic E-state index is 6.06. The van der Waals surface area contributed by atoms with E-state index in [4.69, 9.17) is 11.6 Å². The molecule has 0 unspecified atom stereocenters. The van der Waals surface area contributed by atoms with Gasteiger partial charge in [0.05, 0.1) is 0 Å². The van der Waals surface area contributed by atoms with E-state index in [9.17, 15) is 0 Å². The zero-order chi connectivity index (χ0) is 16.8. The second-order valence-electron chi connectivity index (χ2n) is 5.89. The Labute approximate surface area is 143 Å². The van der Waals surface area contributed by atoms with Crippen LogP contribution in [-0.4, -0.2) is 42.1 Å². The third kappa shape index (κ3) is 5.69. The van der Waals surface area contributed by atoms with Crippen LogP contribution in [0.4, 0.5) is 17.5 Å². The number of hydrogen-bond donors (Lipinski definition) is 2. The number of nitrogens with one attached hydrogen (secondary N) is 2. The Morgan fingerprint density at radius 3 is 2.65 bits per heavy atom. The van der Waals surface area contributed by atoms with Crippen molar-refractivity contribution in [1.29, 1.82) is 0 Å². The van der Waals surface area contributed by atoms with Gasteiger partial charge in [0.2, 0.25) is 5.95 Å². The van der Waals surface area contributed by atoms with Crippen LogP contribution in [0.2, 0.25) is 5.02 Å². The molecule has 0 amide bonds. The average molecular weight is 334 g/mol. The molecule has 0 aliphatic rings. The molecule has 23 heavy (non-hydrogen) atoms. The second kappa shape index (κ2) is 8.13. The summed E-state index contributed by atoms with van der Waals surface area (Å²) in [7, 11) is 4.15. The standard InChI is InChI=1S/C17H24ClN5/c1-12-6-7-14(18)11-15(12)21-17-20-13(2)10-16(22-17)19-8-5-9-23(3)4/h6-7,10-11H,5,8-9H2,1-4H3,(H2,19,20,21,22). The monoisotopic (exact) mass is 333 g/mol. The van der Waals surface area contributed by atoms with Gasteiger partial charge in [0.25, 0.3) is 0 Å². The second-order valence-corrected chi connectivity index (χ2v) is 6.32. The average Bonchev–Trinajstić information content (AvgIpc) is 2.47. The molecule has 2 rings (SSSR count). The summed E-state index contributed by atoms with van der Waals surface area (Å²) < 4.78 is 0. The van der Waals surface area contributed by atoms with E-state index >= 15 is 0 Å². The van der Waals surface area contributed by atoms with Gasteiger partial charge in [-0.15, -0.1) is 0 Å². The lowest BCUT2D eigenvalue weighted by atomic mass is 10.2. The highest BCUT2D eigenvalue weighted by Gasteiger charge is 2.05. The van der Waals surface area contributed by atoms with Crippen LogP contribution in [0, 0.1) is 13.8 Å². The molecule has 1 heterocycles. The molecule has 6 heteroatoms. The van der Waals surface area contributed by atoms with Crippen LogP contribution in [0.3, 0.4) is 0 Å². The summed E-state index contributed by atoms with van der Waals surface area (Å²) in [5.41, 5.74) is 2.93. The first-order valence-electron chi connectivity index (χ1n) is 7.71. The van der Waals surface area contributed by atoms with Gasteiger partial charge in [0, 0.05) is 29.0 Å². The van der Waals surface area contributed by atoms with Gasteiger partial charge in [-0.2, -0.15) is 4.98 Å². The van der Waals surface area contributed by atoms with Crippen molar-refractivity contribution in [3.8, 4) is 0 Å². The molecule has 0 atom stereocenters. The van der Waals surface area contributed by atoms with Crippen molar-refractivity contribution < 1.29 is 0 Å². The van der Waals surface area contributed by atoms with Crippen molar-refractivity contribution in [3.05, 3.63) is 40.5 Å². The molecule has 1 aromatic heterocycles. The van der Waals surface area contributed by atoms with E-state index in [0.29, 0.717) is 11.0 Å². The minimum Gasteiger partial charge on any atom is -0.370 e. The quantitative estimate of drug-likeness (QED) is 0.754. The van der Waals surface area contributed by atoms with E-state index in [1.165, 1.54) is 0 Å². The van der Waals surface area contributed by atoms with Gasteiger partial charge in [-0.1, -0.05) is 17.7 Å². The predicted molar refractivity (Wildman–Crippen MR) is 97.9 cm³/mol. The fraction of sp³-hybridized carbons (Fsp3) is 0.412. The number of halogens is 1. The van der Waals surface area contributed by atoms with E-state index in [2.05, 4.69) is 39.6 Å². The van der Waals surface area contributed by atoms with Crippen molar-refractivity contribution in [3.63, 3.8) is 0 Å². The highest BCUT2D eigenvalue weighted by Crippen LogP contribution is 2.23. The van der Waals surface area contributed by atoms with Crippen LogP contribution in [0.5, 0.6) is 0 Å². The molecule has 2 aromatic rings. The Morgan fingerprint density at radius 2 is 1.91 bits per heavy atom. The molecule has 1 aromatic carbocycles. The fourth-order valence-corrected chi connectivity index (χ4v) is 2.35. The van der Waals surface area contributed by atoms with Crippen LogP contribution in [0.1, 0.15) is 17.7 Å². The lowest BCUT2D eigenvalue weighted by molar-refractivity contribution is 0.405. The SMILES string of the molecule is Cc1cc(NCCCN(C)C)nc(Nc2cc(Cl)ccc2C)n1. The normalized spacial score (nSPS) is 10.9. The number of anilines is 3. The summed E-state index contributed by atoms with van der Waals surface area (Å²) >= 11 is 6.06. The van der Waals surface area contributed by atoms with Crippen molar-refractivity contribution in [2.45, 2.75) is 20.3 Å². The molecule has 0 radical (unpaired) electrons. The van der Waals surface area contributed by atoms with Crippen molar-refractivity contribution in [2.75, 3.05) is 37.8 Å². The van der Waals surface area contributed by atoms with Gasteiger partial charge in [0.1, 0.15) is 5.82 Å². The first kappa shape index (κ1) is 17.5. The lowest BCUT2D eigenvalue weighted by Crippen LogP contribution is -2.17. The highest BCUT2D eigenvalue weighted by molar-refractivity contribution is 6.30. The van der Waals surface area contributed by atoms with E-state index in [0.717, 1.165) is 42.3 Å². The Hall–Kier alpha value is -1.85. The summed E-state index contributed by atoms with van der Waals surface area (Å²) in [5, 5.41) is 7.28. The highest BCUT2D eigenvalue weighted by atomic mass is 35.5. The van der Waals surface area contributed by atoms with Gasteiger partial charge >= 0.3 is 0 Å². The summed E-state index contributed by atoms with van der Waals surface area (Å²) in [6.45, 7) is 5.91. The molecule has 2 N–H and O–H groups in total. The lowest BCUT2D eigenvalue weighted by Gasteiger charge is -2.13.